The molecular formula is C66H78BrF2IN6O4. The van der Waals surface area contributed by atoms with E-state index in [0.29, 0.717) is 0 Å². The Labute approximate surface area is 500 Å². The largest absolute Gasteiger partial charge is 1.00 e. The normalized spacial score (nSPS) is 21.1. The Hall–Kier alpha value is -5.81. The number of nitrogens with zero attached hydrogens (tertiary/aromatic N) is 6. The molecule has 0 N–H and O–H groups in total. The molecule has 4 aromatic rings. The lowest BCUT2D eigenvalue weighted by atomic mass is 9.77. The van der Waals surface area contributed by atoms with Crippen LogP contribution in [-0.2, 0) is 31.2 Å². The van der Waals surface area contributed by atoms with Crippen molar-refractivity contribution in [3.8, 4) is 0 Å². The smallest absolute Gasteiger partial charge is 0.209 e. The predicted molar refractivity (Wildman–Crippen MR) is 306 cm³/mol. The van der Waals surface area contributed by atoms with Gasteiger partial charge < -0.3 is 69.9 Å². The van der Waals surface area contributed by atoms with Gasteiger partial charge in [0.1, 0.15) is 25.7 Å². The Morgan fingerprint density at radius 2 is 0.850 bits per heavy atom. The fourth-order valence-corrected chi connectivity index (χ4v) is 12.6. The molecule has 4 aliphatic heterocycles. The molecular weight excluding hydrogens is 1190 g/mol. The molecule has 0 aromatic heterocycles. The molecule has 10 rings (SSSR count). The van der Waals surface area contributed by atoms with E-state index in [1.54, 1.807) is 36.4 Å². The number of ketones is 2. The first kappa shape index (κ1) is 61.8. The van der Waals surface area contributed by atoms with Crippen molar-refractivity contribution in [2.24, 2.45) is 0 Å². The maximum absolute atomic E-state index is 14.3. The van der Waals surface area contributed by atoms with Gasteiger partial charge >= 0.3 is 0 Å². The quantitative estimate of drug-likeness (QED) is 0.0936. The third-order valence-electron chi connectivity index (χ3n) is 17.1. The van der Waals surface area contributed by atoms with E-state index in [2.05, 4.69) is 113 Å². The molecule has 6 aliphatic rings. The molecule has 0 spiro atoms. The standard InChI is InChI=1S/2C33H39FN3O2.BrH.HI/c2*1-32(2)24-12-9-10-13-26(24)35(5)28(32)19-22-30(38)23(31(22)39)20-29-33(3,4)25-18-21(34)14-15-27(25)36(29)16-11-17-37(6,7)8;;/h2*9-10,12-15,18-20H,11,16-17H2,1-8H3;2*1H/q2*+1;;/p-2. The van der Waals surface area contributed by atoms with Crippen LogP contribution in [0.25, 0.3) is 0 Å². The average molecular weight is 1260 g/mol. The van der Waals surface area contributed by atoms with Crippen LogP contribution in [0, 0.1) is 11.6 Å². The molecule has 10 nitrogen and oxygen atoms in total. The van der Waals surface area contributed by atoms with Gasteiger partial charge in [0.05, 0.1) is 66.2 Å². The lowest BCUT2D eigenvalue weighted by molar-refractivity contribution is -0.870. The van der Waals surface area contributed by atoms with Crippen LogP contribution in [0.15, 0.2) is 154 Å². The first-order chi connectivity index (χ1) is 36.3. The molecule has 0 unspecified atom stereocenters. The van der Waals surface area contributed by atoms with Crippen molar-refractivity contribution in [2.75, 3.05) is 92.4 Å². The molecule has 0 saturated heterocycles. The number of allylic oxidation sites excluding steroid dienone is 10. The van der Waals surface area contributed by atoms with Crippen molar-refractivity contribution in [1.82, 2.24) is 0 Å². The zero-order valence-corrected chi connectivity index (χ0v) is 53.2. The second-order valence-electron chi connectivity index (χ2n) is 26.1. The summed E-state index contributed by atoms with van der Waals surface area (Å²) >= 11 is 0. The van der Waals surface area contributed by atoms with E-state index in [1.807, 2.05) is 78.2 Å². The monoisotopic (exact) mass is 1260 g/mol. The number of hydrogen-bond donors (Lipinski definition) is 0. The van der Waals surface area contributed by atoms with Crippen molar-refractivity contribution in [1.29, 1.82) is 0 Å². The maximum atomic E-state index is 14.3. The SMILES string of the molecule is C[N+]1=C(/C=C2\C(=O)C(/C=C3/N(CCC[N+](C)(C)C)c4ccc(F)cc4C3(C)C)=C2[O-])C(C)(C)c2ccccc21.C[N+]1=C(/C=C2\C(=O)C(/C=C3/N(CCC[N+](C)(C)C)c4ccc(F)cc4C3(C)C)=C2[O-])C(C)(C)c2ccccc21.[Br-].[I-]. The molecule has 0 amide bonds. The van der Waals surface area contributed by atoms with Gasteiger partial charge in [0.2, 0.25) is 11.4 Å². The van der Waals surface area contributed by atoms with E-state index in [-0.39, 0.29) is 109 Å². The minimum absolute atomic E-state index is 0. The number of benzene rings is 4. The number of anilines is 2. The molecule has 0 atom stereocenters. The highest BCUT2D eigenvalue weighted by Gasteiger charge is 2.48. The third kappa shape index (κ3) is 10.8. The molecule has 2 aliphatic carbocycles. The molecule has 0 fully saturated rings. The summed E-state index contributed by atoms with van der Waals surface area (Å²) in [4.78, 5) is 31.2. The number of halogens is 4. The van der Waals surface area contributed by atoms with E-state index >= 15 is 0 Å². The lowest BCUT2D eigenvalue weighted by Crippen LogP contribution is -3.00. The zero-order valence-electron chi connectivity index (χ0n) is 49.5. The van der Waals surface area contributed by atoms with Crippen molar-refractivity contribution in [3.05, 3.63) is 188 Å². The first-order valence-corrected chi connectivity index (χ1v) is 27.3. The van der Waals surface area contributed by atoms with Crippen LogP contribution in [0.3, 0.4) is 0 Å². The van der Waals surface area contributed by atoms with E-state index < -0.39 is 10.8 Å². The van der Waals surface area contributed by atoms with E-state index in [0.717, 1.165) is 105 Å². The topological polar surface area (TPSA) is 92.8 Å². The van der Waals surface area contributed by atoms with Crippen LogP contribution in [-0.4, -0.2) is 124 Å². The molecule has 424 valence electrons. The van der Waals surface area contributed by atoms with Gasteiger partial charge in [-0.25, -0.2) is 8.78 Å². The highest BCUT2D eigenvalue weighted by atomic mass is 127. The molecule has 0 bridgehead atoms. The first-order valence-electron chi connectivity index (χ1n) is 27.3. The van der Waals surface area contributed by atoms with Gasteiger partial charge in [-0.3, -0.25) is 9.59 Å². The summed E-state index contributed by atoms with van der Waals surface area (Å²) in [6.45, 7) is 20.0. The number of fused-ring (bicyclic) bond motifs is 4. The molecule has 0 radical (unpaired) electrons. The van der Waals surface area contributed by atoms with Crippen LogP contribution in [0.1, 0.15) is 90.5 Å². The summed E-state index contributed by atoms with van der Waals surface area (Å²) in [5.41, 5.74) is 10.8. The second-order valence-corrected chi connectivity index (χ2v) is 26.1. The minimum Gasteiger partial charge on any atom is -1.00 e. The number of quaternary nitrogens is 2. The Kier molecular flexibility index (Phi) is 16.9. The molecule has 4 aromatic carbocycles. The van der Waals surface area contributed by atoms with Gasteiger partial charge in [0, 0.05) is 117 Å². The van der Waals surface area contributed by atoms with Gasteiger partial charge in [0.25, 0.3) is 0 Å². The van der Waals surface area contributed by atoms with E-state index in [1.165, 1.54) is 23.3 Å². The second kappa shape index (κ2) is 21.8. The summed E-state index contributed by atoms with van der Waals surface area (Å²) in [7, 11) is 16.9. The fraction of sp³-hybridized carbons (Fsp3) is 0.394. The van der Waals surface area contributed by atoms with Crippen molar-refractivity contribution < 1.29 is 87.7 Å². The van der Waals surface area contributed by atoms with Gasteiger partial charge in [-0.2, -0.15) is 9.15 Å². The Morgan fingerprint density at radius 1 is 0.512 bits per heavy atom. The van der Waals surface area contributed by atoms with Crippen molar-refractivity contribution in [2.45, 2.75) is 89.9 Å². The number of para-hydroxylation sites is 2. The van der Waals surface area contributed by atoms with Crippen LogP contribution < -0.4 is 61.0 Å². The average Bonchev–Trinajstić information content (AvgIpc) is 3.87. The highest BCUT2D eigenvalue weighted by molar-refractivity contribution is 6.25. The van der Waals surface area contributed by atoms with Crippen molar-refractivity contribution in [3.63, 3.8) is 0 Å². The summed E-state index contributed by atoms with van der Waals surface area (Å²) < 4.78 is 34.4. The predicted octanol–water partition coefficient (Wildman–Crippen LogP) is 3.47. The fourth-order valence-electron chi connectivity index (χ4n) is 12.6. The molecule has 80 heavy (non-hydrogen) atoms. The number of carbonyl (C=O) groups excluding carboxylic acids is 2. The Bertz CT molecular complexity index is 3280. The van der Waals surface area contributed by atoms with Gasteiger partial charge in [-0.1, -0.05) is 75.6 Å². The van der Waals surface area contributed by atoms with E-state index in [9.17, 15) is 28.6 Å². The summed E-state index contributed by atoms with van der Waals surface area (Å²) in [5.74, 6) is -1.50. The summed E-state index contributed by atoms with van der Waals surface area (Å²) in [5, 5.41) is 26.9. The maximum Gasteiger partial charge on any atom is 0.209 e. The molecule has 14 heteroatoms. The number of Topliss-reactive ketones (excluding diaryl/α,β-unsaturated/α-hetero) is 2. The van der Waals surface area contributed by atoms with Crippen LogP contribution in [0.5, 0.6) is 0 Å². The van der Waals surface area contributed by atoms with Crippen LogP contribution in [0.4, 0.5) is 31.5 Å². The molecule has 0 saturated carbocycles. The van der Waals surface area contributed by atoms with Gasteiger partial charge in [-0.15, -0.1) is 0 Å². The number of rotatable bonds is 12. The summed E-state index contributed by atoms with van der Waals surface area (Å²) in [6, 6.07) is 26.1. The summed E-state index contributed by atoms with van der Waals surface area (Å²) in [6.07, 6.45) is 8.89. The minimum atomic E-state index is -0.550. The Balaban J connectivity index is 0.000000225. The van der Waals surface area contributed by atoms with Gasteiger partial charge in [-0.05, 0) is 87.4 Å². The lowest BCUT2D eigenvalue weighted by Gasteiger charge is -2.33. The molecule has 4 heterocycles. The highest BCUT2D eigenvalue weighted by Crippen LogP contribution is 2.51. The number of carbonyl (C=O) groups is 2. The van der Waals surface area contributed by atoms with Crippen molar-refractivity contribution >= 4 is 45.7 Å². The van der Waals surface area contributed by atoms with Gasteiger partial charge in [0.15, 0.2) is 23.0 Å². The third-order valence-corrected chi connectivity index (χ3v) is 17.1. The zero-order chi connectivity index (χ0) is 57.0. The van der Waals surface area contributed by atoms with Crippen LogP contribution >= 0.6 is 0 Å². The Morgan fingerprint density at radius 3 is 1.16 bits per heavy atom. The number of hydrogen-bond acceptors (Lipinski definition) is 6. The van der Waals surface area contributed by atoms with Crippen LogP contribution in [0.2, 0.25) is 0 Å². The van der Waals surface area contributed by atoms with E-state index in [4.69, 9.17) is 0 Å².